The lowest BCUT2D eigenvalue weighted by atomic mass is 10.1. The standard InChI is InChI=1S/C20H23N3O3/c1-12-5-4-6-16(13(12)2)22-19(24)10-23-17-9-15(14(3)21)7-8-18(17)26-11-20(23)25/h4-9,14H,10-11,21H2,1-3H3,(H,22,24). The van der Waals surface area contributed by atoms with E-state index in [-0.39, 0.29) is 31.0 Å². The second-order valence-corrected chi connectivity index (χ2v) is 6.58. The fourth-order valence-electron chi connectivity index (χ4n) is 2.90. The summed E-state index contributed by atoms with van der Waals surface area (Å²) < 4.78 is 5.47. The summed E-state index contributed by atoms with van der Waals surface area (Å²) in [5, 5.41) is 2.89. The van der Waals surface area contributed by atoms with Gasteiger partial charge in [-0.1, -0.05) is 18.2 Å². The maximum atomic E-state index is 12.5. The van der Waals surface area contributed by atoms with Gasteiger partial charge in [0, 0.05) is 11.7 Å². The summed E-state index contributed by atoms with van der Waals surface area (Å²) in [6.07, 6.45) is 0. The largest absolute Gasteiger partial charge is 0.482 e. The molecule has 1 aliphatic rings. The highest BCUT2D eigenvalue weighted by atomic mass is 16.5. The third-order valence-corrected chi connectivity index (χ3v) is 4.63. The number of carbonyl (C=O) groups is 2. The normalized spacial score (nSPS) is 14.5. The number of hydrogen-bond donors (Lipinski definition) is 2. The van der Waals surface area contributed by atoms with E-state index in [4.69, 9.17) is 10.5 Å². The molecule has 26 heavy (non-hydrogen) atoms. The number of amides is 2. The van der Waals surface area contributed by atoms with E-state index < -0.39 is 0 Å². The van der Waals surface area contributed by atoms with E-state index in [0.717, 1.165) is 22.4 Å². The molecule has 0 radical (unpaired) electrons. The maximum absolute atomic E-state index is 12.5. The Morgan fingerprint density at radius 1 is 1.31 bits per heavy atom. The van der Waals surface area contributed by atoms with Crippen molar-refractivity contribution in [1.82, 2.24) is 0 Å². The Kier molecular flexibility index (Phi) is 4.95. The first-order chi connectivity index (χ1) is 12.4. The average Bonchev–Trinajstić information content (AvgIpc) is 2.61. The summed E-state index contributed by atoms with van der Waals surface area (Å²) in [5.41, 5.74) is 10.2. The molecule has 1 heterocycles. The molecule has 136 valence electrons. The number of nitrogens with two attached hydrogens (primary N) is 1. The zero-order valence-corrected chi connectivity index (χ0v) is 15.2. The van der Waals surface area contributed by atoms with Gasteiger partial charge in [-0.15, -0.1) is 0 Å². The van der Waals surface area contributed by atoms with Crippen LogP contribution in [0.5, 0.6) is 5.75 Å². The van der Waals surface area contributed by atoms with Gasteiger partial charge in [0.2, 0.25) is 5.91 Å². The van der Waals surface area contributed by atoms with E-state index in [1.807, 2.05) is 51.1 Å². The summed E-state index contributed by atoms with van der Waals surface area (Å²) in [4.78, 5) is 26.3. The monoisotopic (exact) mass is 353 g/mol. The average molecular weight is 353 g/mol. The second-order valence-electron chi connectivity index (χ2n) is 6.58. The van der Waals surface area contributed by atoms with Crippen molar-refractivity contribution in [2.24, 2.45) is 5.73 Å². The second kappa shape index (κ2) is 7.17. The van der Waals surface area contributed by atoms with E-state index in [1.54, 1.807) is 6.07 Å². The zero-order chi connectivity index (χ0) is 18.8. The van der Waals surface area contributed by atoms with Gasteiger partial charge in [0.15, 0.2) is 6.61 Å². The van der Waals surface area contributed by atoms with E-state index in [1.165, 1.54) is 4.90 Å². The van der Waals surface area contributed by atoms with Crippen LogP contribution in [0, 0.1) is 13.8 Å². The Morgan fingerprint density at radius 3 is 2.81 bits per heavy atom. The molecule has 0 spiro atoms. The molecule has 0 fully saturated rings. The molecule has 1 aliphatic heterocycles. The topological polar surface area (TPSA) is 84.7 Å². The summed E-state index contributed by atoms with van der Waals surface area (Å²) >= 11 is 0. The molecule has 2 aromatic rings. The minimum Gasteiger partial charge on any atom is -0.482 e. The predicted octanol–water partition coefficient (Wildman–Crippen LogP) is 2.69. The van der Waals surface area contributed by atoms with Crippen LogP contribution < -0.4 is 20.7 Å². The summed E-state index contributed by atoms with van der Waals surface area (Å²) in [6.45, 7) is 5.65. The molecule has 0 saturated carbocycles. The van der Waals surface area contributed by atoms with Crippen molar-refractivity contribution in [2.75, 3.05) is 23.4 Å². The fraction of sp³-hybridized carbons (Fsp3) is 0.300. The lowest BCUT2D eigenvalue weighted by Gasteiger charge is -2.29. The van der Waals surface area contributed by atoms with E-state index in [2.05, 4.69) is 5.32 Å². The van der Waals surface area contributed by atoms with Crippen molar-refractivity contribution in [1.29, 1.82) is 0 Å². The highest BCUT2D eigenvalue weighted by molar-refractivity contribution is 6.05. The van der Waals surface area contributed by atoms with Crippen LogP contribution in [0.2, 0.25) is 0 Å². The molecule has 6 heteroatoms. The van der Waals surface area contributed by atoms with Crippen molar-refractivity contribution < 1.29 is 14.3 Å². The summed E-state index contributed by atoms with van der Waals surface area (Å²) in [6, 6.07) is 11.0. The van der Waals surface area contributed by atoms with Crippen LogP contribution in [0.25, 0.3) is 0 Å². The molecule has 0 saturated heterocycles. The third-order valence-electron chi connectivity index (χ3n) is 4.63. The van der Waals surface area contributed by atoms with Gasteiger partial charge in [-0.25, -0.2) is 0 Å². The quantitative estimate of drug-likeness (QED) is 0.885. The smallest absolute Gasteiger partial charge is 0.265 e. The number of nitrogens with zero attached hydrogens (tertiary/aromatic N) is 1. The number of benzene rings is 2. The first-order valence-electron chi connectivity index (χ1n) is 8.55. The molecule has 0 bridgehead atoms. The Hall–Kier alpha value is -2.86. The zero-order valence-electron chi connectivity index (χ0n) is 15.2. The summed E-state index contributed by atoms with van der Waals surface area (Å²) in [5.74, 6) is 0.0649. The van der Waals surface area contributed by atoms with Gasteiger partial charge in [0.05, 0.1) is 5.69 Å². The first kappa shape index (κ1) is 17.9. The van der Waals surface area contributed by atoms with E-state index in [9.17, 15) is 9.59 Å². The van der Waals surface area contributed by atoms with Gasteiger partial charge in [-0.05, 0) is 55.7 Å². The van der Waals surface area contributed by atoms with Crippen molar-refractivity contribution in [3.05, 3.63) is 53.1 Å². The van der Waals surface area contributed by atoms with Gasteiger partial charge in [-0.2, -0.15) is 0 Å². The van der Waals surface area contributed by atoms with Crippen molar-refractivity contribution >= 4 is 23.2 Å². The van der Waals surface area contributed by atoms with Crippen LogP contribution in [0.3, 0.4) is 0 Å². The molecule has 1 unspecified atom stereocenters. The number of hydrogen-bond acceptors (Lipinski definition) is 4. The number of nitrogens with one attached hydrogen (secondary N) is 1. The van der Waals surface area contributed by atoms with Crippen LogP contribution in [0.4, 0.5) is 11.4 Å². The Balaban J connectivity index is 1.83. The van der Waals surface area contributed by atoms with E-state index in [0.29, 0.717) is 11.4 Å². The van der Waals surface area contributed by atoms with Crippen LogP contribution in [-0.4, -0.2) is 25.0 Å². The number of aryl methyl sites for hydroxylation is 1. The number of carbonyl (C=O) groups excluding carboxylic acids is 2. The SMILES string of the molecule is Cc1cccc(NC(=O)CN2C(=O)COc3ccc(C(C)N)cc32)c1C. The predicted molar refractivity (Wildman–Crippen MR) is 101 cm³/mol. The number of anilines is 2. The van der Waals surface area contributed by atoms with Gasteiger partial charge in [0.1, 0.15) is 12.3 Å². The highest BCUT2D eigenvalue weighted by Gasteiger charge is 2.28. The Bertz CT molecular complexity index is 861. The van der Waals surface area contributed by atoms with Gasteiger partial charge in [0.25, 0.3) is 5.91 Å². The molecule has 0 aliphatic carbocycles. The molecule has 3 rings (SSSR count). The lowest BCUT2D eigenvalue weighted by Crippen LogP contribution is -2.43. The molecule has 1 atom stereocenters. The minimum atomic E-state index is -0.258. The molecular formula is C20H23N3O3. The molecule has 6 nitrogen and oxygen atoms in total. The van der Waals surface area contributed by atoms with Crippen LogP contribution >= 0.6 is 0 Å². The van der Waals surface area contributed by atoms with Gasteiger partial charge < -0.3 is 15.8 Å². The molecule has 2 amide bonds. The molecular weight excluding hydrogens is 330 g/mol. The molecule has 0 aromatic heterocycles. The summed E-state index contributed by atoms with van der Waals surface area (Å²) in [7, 11) is 0. The molecule has 3 N–H and O–H groups in total. The lowest BCUT2D eigenvalue weighted by molar-refractivity contribution is -0.123. The Morgan fingerprint density at radius 2 is 2.08 bits per heavy atom. The van der Waals surface area contributed by atoms with Gasteiger partial charge in [-0.3, -0.25) is 14.5 Å². The fourth-order valence-corrected chi connectivity index (χ4v) is 2.90. The van der Waals surface area contributed by atoms with Crippen LogP contribution in [0.1, 0.15) is 29.7 Å². The first-order valence-corrected chi connectivity index (χ1v) is 8.55. The maximum Gasteiger partial charge on any atom is 0.265 e. The van der Waals surface area contributed by atoms with Crippen LogP contribution in [-0.2, 0) is 9.59 Å². The number of fused-ring (bicyclic) bond motifs is 1. The highest BCUT2D eigenvalue weighted by Crippen LogP contribution is 2.34. The molecule has 2 aromatic carbocycles. The van der Waals surface area contributed by atoms with E-state index >= 15 is 0 Å². The van der Waals surface area contributed by atoms with Gasteiger partial charge >= 0.3 is 0 Å². The number of ether oxygens (including phenoxy) is 1. The van der Waals surface area contributed by atoms with Crippen molar-refractivity contribution in [3.8, 4) is 5.75 Å². The Labute approximate surface area is 152 Å². The third kappa shape index (κ3) is 3.55. The van der Waals surface area contributed by atoms with Crippen LogP contribution in [0.15, 0.2) is 36.4 Å². The van der Waals surface area contributed by atoms with Crippen molar-refractivity contribution in [3.63, 3.8) is 0 Å². The minimum absolute atomic E-state index is 0.0784. The number of rotatable bonds is 4. The van der Waals surface area contributed by atoms with Crippen molar-refractivity contribution in [2.45, 2.75) is 26.8 Å².